The van der Waals surface area contributed by atoms with E-state index in [9.17, 15) is 32.4 Å². The maximum absolute atomic E-state index is 15.5. The van der Waals surface area contributed by atoms with Gasteiger partial charge in [0, 0.05) is 44.8 Å². The molecule has 294 valence electrons. The van der Waals surface area contributed by atoms with E-state index in [-0.39, 0.29) is 63.7 Å². The summed E-state index contributed by atoms with van der Waals surface area (Å²) < 4.78 is 71.2. The number of morpholine rings is 2. The van der Waals surface area contributed by atoms with Gasteiger partial charge < -0.3 is 25.4 Å². The highest BCUT2D eigenvalue weighted by atomic mass is 32.2. The van der Waals surface area contributed by atoms with Gasteiger partial charge in [-0.3, -0.25) is 28.9 Å². The number of benzene rings is 1. The van der Waals surface area contributed by atoms with Crippen LogP contribution in [0.3, 0.4) is 0 Å². The number of rotatable bonds is 19. The zero-order chi connectivity index (χ0) is 38.4. The van der Waals surface area contributed by atoms with Crippen LogP contribution >= 0.6 is 0 Å². The lowest BCUT2D eigenvalue weighted by molar-refractivity contribution is -0.160. The van der Waals surface area contributed by atoms with Gasteiger partial charge in [0.1, 0.15) is 6.04 Å². The highest BCUT2D eigenvalue weighted by Crippen LogP contribution is 2.29. The molecule has 1 aromatic carbocycles. The molecule has 3 amide bonds. The Labute approximate surface area is 308 Å². The second-order valence-corrected chi connectivity index (χ2v) is 15.0. The standard InChI is InChI=1S/C35H50F2N6O9S/c1-2-9-27(39-33(47)29(30(44)26-12-7-4-8-13-26)41-53(49,50)43-18-22-52-23-19-43)32(46)40-28(24-25-10-5-3-6-11-25)31(45)35(36,37)34(48)38-14-15-42-16-20-51-21-17-42/h2,4,7-8,12-13,25,27-29,41H,1,3,5-6,9-11,14-24H2,(H,38,48)(H,39,47)(H,40,46)/t27-,28-,29-/m0/s1. The van der Waals surface area contributed by atoms with Crippen LogP contribution < -0.4 is 20.7 Å². The molecule has 18 heteroatoms. The van der Waals surface area contributed by atoms with Gasteiger partial charge in [-0.15, -0.1) is 6.58 Å². The lowest BCUT2D eigenvalue weighted by atomic mass is 9.83. The Bertz CT molecular complexity index is 1530. The number of carbonyl (C=O) groups excluding carboxylic acids is 5. The third-order valence-electron chi connectivity index (χ3n) is 9.53. The van der Waals surface area contributed by atoms with Crippen molar-refractivity contribution in [3.63, 3.8) is 0 Å². The fourth-order valence-electron chi connectivity index (χ4n) is 6.51. The molecule has 3 fully saturated rings. The van der Waals surface area contributed by atoms with E-state index in [1.807, 2.05) is 4.90 Å². The summed E-state index contributed by atoms with van der Waals surface area (Å²) in [6.07, 6.45) is 4.65. The van der Waals surface area contributed by atoms with Crippen LogP contribution in [0.4, 0.5) is 8.78 Å². The average molecular weight is 769 g/mol. The number of halogens is 2. The highest BCUT2D eigenvalue weighted by molar-refractivity contribution is 7.87. The zero-order valence-corrected chi connectivity index (χ0v) is 30.6. The molecule has 0 aromatic heterocycles. The van der Waals surface area contributed by atoms with Crippen molar-refractivity contribution >= 4 is 39.5 Å². The largest absolute Gasteiger partial charge is 0.383 e. The van der Waals surface area contributed by atoms with Crippen molar-refractivity contribution in [1.82, 2.24) is 29.9 Å². The number of ketones is 2. The van der Waals surface area contributed by atoms with Gasteiger partial charge in [-0.25, -0.2) is 0 Å². The van der Waals surface area contributed by atoms with Crippen LogP contribution in [0, 0.1) is 5.92 Å². The van der Waals surface area contributed by atoms with E-state index in [0.29, 0.717) is 39.1 Å². The summed E-state index contributed by atoms with van der Waals surface area (Å²) in [6, 6.07) is 2.06. The first kappa shape index (κ1) is 42.1. The number of nitrogens with one attached hydrogen (secondary N) is 4. The van der Waals surface area contributed by atoms with Crippen LogP contribution in [0.25, 0.3) is 0 Å². The molecule has 0 bridgehead atoms. The summed E-state index contributed by atoms with van der Waals surface area (Å²) in [7, 11) is -4.41. The van der Waals surface area contributed by atoms with Crippen molar-refractivity contribution < 1.29 is 50.6 Å². The monoisotopic (exact) mass is 768 g/mol. The molecule has 2 saturated heterocycles. The number of alkyl halides is 2. The molecule has 1 saturated carbocycles. The van der Waals surface area contributed by atoms with E-state index in [1.54, 1.807) is 6.07 Å². The zero-order valence-electron chi connectivity index (χ0n) is 29.7. The number of hydrogen-bond acceptors (Lipinski definition) is 10. The Balaban J connectivity index is 1.51. The topological polar surface area (TPSA) is 193 Å². The predicted molar refractivity (Wildman–Crippen MR) is 189 cm³/mol. The van der Waals surface area contributed by atoms with Crippen LogP contribution in [0.1, 0.15) is 55.3 Å². The number of Topliss-reactive ketones (excluding diaryl/α,β-unsaturated/α-hetero) is 2. The van der Waals surface area contributed by atoms with Gasteiger partial charge in [-0.1, -0.05) is 68.5 Å². The second kappa shape index (κ2) is 20.1. The molecular formula is C35H50F2N6O9S. The Hall–Kier alpha value is -3.68. The lowest BCUT2D eigenvalue weighted by Crippen LogP contribution is -2.61. The molecule has 0 unspecified atom stereocenters. The van der Waals surface area contributed by atoms with Crippen LogP contribution in [0.15, 0.2) is 43.0 Å². The molecule has 4 N–H and O–H groups in total. The minimum Gasteiger partial charge on any atom is -0.379 e. The summed E-state index contributed by atoms with van der Waals surface area (Å²) in [4.78, 5) is 69.1. The van der Waals surface area contributed by atoms with Gasteiger partial charge in [0.2, 0.25) is 17.6 Å². The number of carbonyl (C=O) groups is 5. The first-order chi connectivity index (χ1) is 25.3. The maximum atomic E-state index is 15.5. The summed E-state index contributed by atoms with van der Waals surface area (Å²) in [5, 5.41) is 6.84. The predicted octanol–water partition coefficient (Wildman–Crippen LogP) is 0.573. The number of hydrogen-bond donors (Lipinski definition) is 4. The Morgan fingerprint density at radius 2 is 1.49 bits per heavy atom. The van der Waals surface area contributed by atoms with Crippen LogP contribution in [-0.4, -0.2) is 137 Å². The molecule has 3 aliphatic rings. The molecule has 2 aliphatic heterocycles. The van der Waals surface area contributed by atoms with Crippen molar-refractivity contribution in [1.29, 1.82) is 0 Å². The highest BCUT2D eigenvalue weighted by Gasteiger charge is 2.51. The Kier molecular flexibility index (Phi) is 16.0. The minimum absolute atomic E-state index is 0.00523. The van der Waals surface area contributed by atoms with Crippen LogP contribution in [0.2, 0.25) is 0 Å². The van der Waals surface area contributed by atoms with Gasteiger partial charge in [0.05, 0.1) is 32.5 Å². The van der Waals surface area contributed by atoms with Crippen molar-refractivity contribution in [3.8, 4) is 0 Å². The van der Waals surface area contributed by atoms with Gasteiger partial charge in [-0.2, -0.15) is 26.2 Å². The summed E-state index contributed by atoms with van der Waals surface area (Å²) in [6.45, 7) is 5.98. The Morgan fingerprint density at radius 3 is 2.11 bits per heavy atom. The van der Waals surface area contributed by atoms with Crippen LogP contribution in [-0.2, 0) is 38.9 Å². The van der Waals surface area contributed by atoms with E-state index in [0.717, 1.165) is 23.6 Å². The Morgan fingerprint density at radius 1 is 0.887 bits per heavy atom. The van der Waals surface area contributed by atoms with Gasteiger partial charge in [0.15, 0.2) is 11.8 Å². The van der Waals surface area contributed by atoms with E-state index in [4.69, 9.17) is 9.47 Å². The first-order valence-corrected chi connectivity index (χ1v) is 19.4. The molecule has 53 heavy (non-hydrogen) atoms. The molecule has 0 spiro atoms. The molecule has 1 aromatic rings. The van der Waals surface area contributed by atoms with Crippen molar-refractivity contribution in [3.05, 3.63) is 48.6 Å². The van der Waals surface area contributed by atoms with Crippen LogP contribution in [0.5, 0.6) is 0 Å². The smallest absolute Gasteiger partial charge is 0.379 e. The third kappa shape index (κ3) is 12.2. The first-order valence-electron chi connectivity index (χ1n) is 18.0. The van der Waals surface area contributed by atoms with Gasteiger partial charge in [0.25, 0.3) is 16.1 Å². The van der Waals surface area contributed by atoms with E-state index in [2.05, 4.69) is 27.3 Å². The fourth-order valence-corrected chi connectivity index (χ4v) is 7.80. The molecule has 15 nitrogen and oxygen atoms in total. The molecule has 3 atom stereocenters. The van der Waals surface area contributed by atoms with Gasteiger partial charge in [-0.05, 0) is 18.8 Å². The summed E-state index contributed by atoms with van der Waals surface area (Å²) in [5.74, 6) is -11.4. The molecule has 2 heterocycles. The second-order valence-electron chi connectivity index (χ2n) is 13.3. The SMILES string of the molecule is C=CC[C@H](NC(=O)[C@@H](NS(=O)(=O)N1CCOCC1)C(=O)c1ccccc1)C(=O)N[C@@H](CC1CCCCC1)C(=O)C(F)(F)C(=O)NCCN1CCOCC1. The molecule has 1 aliphatic carbocycles. The number of ether oxygens (including phenoxy) is 2. The molecule has 0 radical (unpaired) electrons. The van der Waals surface area contributed by atoms with Crippen molar-refractivity contribution in [2.24, 2.45) is 5.92 Å². The summed E-state index contributed by atoms with van der Waals surface area (Å²) >= 11 is 0. The molecular weight excluding hydrogens is 718 g/mol. The fraction of sp³-hybridized carbons (Fsp3) is 0.629. The lowest BCUT2D eigenvalue weighted by Gasteiger charge is -2.30. The van der Waals surface area contributed by atoms with Crippen molar-refractivity contribution in [2.75, 3.05) is 65.7 Å². The number of amides is 3. The summed E-state index contributed by atoms with van der Waals surface area (Å²) in [5.41, 5.74) is 0.00523. The normalized spacial score (nSPS) is 19.7. The van der Waals surface area contributed by atoms with E-state index < -0.39 is 63.5 Å². The third-order valence-corrected chi connectivity index (χ3v) is 11.1. The average Bonchev–Trinajstić information content (AvgIpc) is 3.17. The van der Waals surface area contributed by atoms with E-state index in [1.165, 1.54) is 30.3 Å². The molecule has 4 rings (SSSR count). The quantitative estimate of drug-likeness (QED) is 0.0880. The minimum atomic E-state index is -4.49. The van der Waals surface area contributed by atoms with Crippen molar-refractivity contribution in [2.45, 2.75) is 69.0 Å². The maximum Gasteiger partial charge on any atom is 0.383 e. The van der Waals surface area contributed by atoms with E-state index >= 15 is 8.78 Å². The van der Waals surface area contributed by atoms with Gasteiger partial charge >= 0.3 is 5.92 Å². The number of nitrogens with zero attached hydrogens (tertiary/aromatic N) is 2.